The molecule has 6 rings (SSSR count). The van der Waals surface area contributed by atoms with Gasteiger partial charge in [0.25, 0.3) is 5.56 Å². The molecule has 0 amide bonds. The summed E-state index contributed by atoms with van der Waals surface area (Å²) in [7, 11) is 0. The van der Waals surface area contributed by atoms with Crippen molar-refractivity contribution >= 4 is 10.9 Å². The Morgan fingerprint density at radius 2 is 1.82 bits per heavy atom. The molecule has 0 saturated heterocycles. The summed E-state index contributed by atoms with van der Waals surface area (Å²) in [6, 6.07) is 16.4. The number of ether oxygens (including phenoxy) is 2. The predicted octanol–water partition coefficient (Wildman–Crippen LogP) is 4.62. The second-order valence-corrected chi connectivity index (χ2v) is 10.3. The molecule has 1 atom stereocenters. The van der Waals surface area contributed by atoms with Gasteiger partial charge in [-0.15, -0.1) is 5.10 Å². The van der Waals surface area contributed by atoms with Crippen LogP contribution in [0.4, 0.5) is 0 Å². The quantitative estimate of drug-likeness (QED) is 0.366. The number of pyridine rings is 1. The third kappa shape index (κ3) is 5.03. The van der Waals surface area contributed by atoms with Gasteiger partial charge < -0.3 is 14.5 Å². The first-order valence-electron chi connectivity index (χ1n) is 13.7. The van der Waals surface area contributed by atoms with Crippen LogP contribution in [0.5, 0.6) is 11.5 Å². The lowest BCUT2D eigenvalue weighted by atomic mass is 9.92. The minimum atomic E-state index is -0.0753. The van der Waals surface area contributed by atoms with Gasteiger partial charge in [0, 0.05) is 29.6 Å². The third-order valence-electron chi connectivity index (χ3n) is 7.80. The van der Waals surface area contributed by atoms with E-state index in [0.717, 1.165) is 52.9 Å². The van der Waals surface area contributed by atoms with Gasteiger partial charge in [0.05, 0.1) is 18.1 Å². The third-order valence-corrected chi connectivity index (χ3v) is 7.80. The average molecular weight is 515 g/mol. The minimum Gasteiger partial charge on any atom is -0.486 e. The number of H-pyrrole nitrogens is 1. The van der Waals surface area contributed by atoms with Crippen molar-refractivity contribution in [2.24, 2.45) is 0 Å². The van der Waals surface area contributed by atoms with Gasteiger partial charge in [-0.3, -0.25) is 9.69 Å². The summed E-state index contributed by atoms with van der Waals surface area (Å²) in [6.07, 6.45) is 6.72. The Labute approximate surface area is 221 Å². The maximum Gasteiger partial charge on any atom is 0.252 e. The number of hydrogen-bond donors (Lipinski definition) is 1. The Morgan fingerprint density at radius 3 is 2.58 bits per heavy atom. The number of aromatic nitrogens is 5. The minimum absolute atomic E-state index is 0.00724. The van der Waals surface area contributed by atoms with Crippen molar-refractivity contribution in [3.05, 3.63) is 75.8 Å². The second-order valence-electron chi connectivity index (χ2n) is 10.3. The van der Waals surface area contributed by atoms with Crippen molar-refractivity contribution in [2.75, 3.05) is 13.2 Å². The highest BCUT2D eigenvalue weighted by atomic mass is 16.6. The van der Waals surface area contributed by atoms with E-state index in [1.807, 2.05) is 41.1 Å². The first-order valence-corrected chi connectivity index (χ1v) is 13.7. The fourth-order valence-corrected chi connectivity index (χ4v) is 5.89. The molecule has 9 heteroatoms. The van der Waals surface area contributed by atoms with Crippen LogP contribution in [-0.4, -0.2) is 49.3 Å². The molecule has 1 aliphatic carbocycles. The fraction of sp³-hybridized carbons (Fsp3) is 0.448. The van der Waals surface area contributed by atoms with E-state index in [4.69, 9.17) is 9.47 Å². The number of nitrogens with zero attached hydrogens (tertiary/aromatic N) is 5. The summed E-state index contributed by atoms with van der Waals surface area (Å²) in [5, 5.41) is 13.9. The molecule has 2 aliphatic rings. The zero-order valence-corrected chi connectivity index (χ0v) is 21.8. The standard InChI is InChI=1S/C29H34N6O3/c1-2-25(28-31-32-33-35(28)18-20-9-5-3-6-10-20)34(23-11-7-4-8-12-23)19-22-15-21-16-26-27(38-14-13-37-26)17-24(21)30-29(22)36/h3,5-6,9-10,15-17,23,25H,2,4,7-8,11-14,18-19H2,1H3,(H,30,36)/t25-/m1/s1. The van der Waals surface area contributed by atoms with Crippen LogP contribution in [0, 0.1) is 0 Å². The molecule has 1 N–H and O–H groups in total. The Kier molecular flexibility index (Phi) is 7.09. The molecule has 0 spiro atoms. The van der Waals surface area contributed by atoms with Crippen LogP contribution in [0.25, 0.3) is 10.9 Å². The van der Waals surface area contributed by atoms with E-state index in [0.29, 0.717) is 38.1 Å². The summed E-state index contributed by atoms with van der Waals surface area (Å²) in [4.78, 5) is 18.9. The summed E-state index contributed by atoms with van der Waals surface area (Å²) in [5.41, 5.74) is 2.57. The van der Waals surface area contributed by atoms with E-state index in [9.17, 15) is 4.79 Å². The maximum atomic E-state index is 13.3. The lowest BCUT2D eigenvalue weighted by Gasteiger charge is -2.39. The zero-order chi connectivity index (χ0) is 25.9. The highest BCUT2D eigenvalue weighted by Gasteiger charge is 2.32. The van der Waals surface area contributed by atoms with Crippen LogP contribution in [0.2, 0.25) is 0 Å². The van der Waals surface area contributed by atoms with Gasteiger partial charge in [0.2, 0.25) is 0 Å². The Balaban J connectivity index is 1.35. The highest BCUT2D eigenvalue weighted by molar-refractivity contribution is 5.83. The van der Waals surface area contributed by atoms with Crippen LogP contribution < -0.4 is 15.0 Å². The SMILES string of the molecule is CC[C@H](c1nnnn1Cc1ccccc1)N(Cc1cc2cc3c(cc2[nH]c1=O)OCCO3)C1CCCCC1. The largest absolute Gasteiger partial charge is 0.486 e. The predicted molar refractivity (Wildman–Crippen MR) is 144 cm³/mol. The summed E-state index contributed by atoms with van der Waals surface area (Å²) in [5.74, 6) is 2.24. The van der Waals surface area contributed by atoms with E-state index in [1.165, 1.54) is 19.3 Å². The molecule has 3 heterocycles. The van der Waals surface area contributed by atoms with E-state index >= 15 is 0 Å². The van der Waals surface area contributed by atoms with E-state index < -0.39 is 0 Å². The van der Waals surface area contributed by atoms with Crippen molar-refractivity contribution in [3.8, 4) is 11.5 Å². The van der Waals surface area contributed by atoms with Gasteiger partial charge in [0.15, 0.2) is 17.3 Å². The number of benzene rings is 2. The van der Waals surface area contributed by atoms with E-state index in [1.54, 1.807) is 0 Å². The lowest BCUT2D eigenvalue weighted by Crippen LogP contribution is -2.41. The van der Waals surface area contributed by atoms with Gasteiger partial charge in [-0.25, -0.2) is 4.68 Å². The number of nitrogens with one attached hydrogen (secondary N) is 1. The molecule has 1 fully saturated rings. The molecule has 2 aromatic heterocycles. The normalized spacial score (nSPS) is 16.7. The zero-order valence-electron chi connectivity index (χ0n) is 21.8. The molecule has 38 heavy (non-hydrogen) atoms. The van der Waals surface area contributed by atoms with Crippen molar-refractivity contribution in [1.82, 2.24) is 30.1 Å². The number of aromatic amines is 1. The lowest BCUT2D eigenvalue weighted by molar-refractivity contribution is 0.0844. The van der Waals surface area contributed by atoms with Crippen molar-refractivity contribution in [1.29, 1.82) is 0 Å². The topological polar surface area (TPSA) is 98.2 Å². The molecule has 198 valence electrons. The molecular weight excluding hydrogens is 480 g/mol. The van der Waals surface area contributed by atoms with Crippen LogP contribution in [-0.2, 0) is 13.1 Å². The molecule has 2 aromatic carbocycles. The van der Waals surface area contributed by atoms with Gasteiger partial charge in [-0.1, -0.05) is 56.5 Å². The summed E-state index contributed by atoms with van der Waals surface area (Å²) >= 11 is 0. The Morgan fingerprint density at radius 1 is 1.05 bits per heavy atom. The van der Waals surface area contributed by atoms with Crippen molar-refractivity contribution < 1.29 is 9.47 Å². The monoisotopic (exact) mass is 514 g/mol. The van der Waals surface area contributed by atoms with Gasteiger partial charge in [0.1, 0.15) is 13.2 Å². The van der Waals surface area contributed by atoms with Crippen molar-refractivity contribution in [2.45, 2.75) is 70.6 Å². The Hall–Kier alpha value is -3.72. The van der Waals surface area contributed by atoms with Gasteiger partial charge in [-0.05, 0) is 47.4 Å². The maximum absolute atomic E-state index is 13.3. The molecule has 4 aromatic rings. The van der Waals surface area contributed by atoms with Gasteiger partial charge >= 0.3 is 0 Å². The van der Waals surface area contributed by atoms with Crippen LogP contribution >= 0.6 is 0 Å². The fourth-order valence-electron chi connectivity index (χ4n) is 5.89. The van der Waals surface area contributed by atoms with Crippen LogP contribution in [0.1, 0.15) is 68.4 Å². The van der Waals surface area contributed by atoms with Crippen LogP contribution in [0.15, 0.2) is 53.3 Å². The Bertz CT molecular complexity index is 1440. The summed E-state index contributed by atoms with van der Waals surface area (Å²) in [6.45, 7) is 4.36. The van der Waals surface area contributed by atoms with Gasteiger partial charge in [-0.2, -0.15) is 0 Å². The van der Waals surface area contributed by atoms with Crippen molar-refractivity contribution in [3.63, 3.8) is 0 Å². The highest BCUT2D eigenvalue weighted by Crippen LogP contribution is 2.35. The first kappa shape index (κ1) is 24.6. The molecular formula is C29H34N6O3. The first-order chi connectivity index (χ1) is 18.7. The molecule has 9 nitrogen and oxygen atoms in total. The number of rotatable bonds is 8. The number of tetrazole rings is 1. The van der Waals surface area contributed by atoms with E-state index in [2.05, 4.69) is 44.5 Å². The molecule has 1 saturated carbocycles. The van der Waals surface area contributed by atoms with E-state index in [-0.39, 0.29) is 11.6 Å². The summed E-state index contributed by atoms with van der Waals surface area (Å²) < 4.78 is 13.4. The smallest absolute Gasteiger partial charge is 0.252 e. The number of hydrogen-bond acceptors (Lipinski definition) is 7. The average Bonchev–Trinajstić information content (AvgIpc) is 3.40. The molecule has 0 radical (unpaired) electrons. The number of fused-ring (bicyclic) bond motifs is 2. The molecule has 0 bridgehead atoms. The second kappa shape index (κ2) is 10.9. The molecule has 1 aliphatic heterocycles. The molecule has 0 unspecified atom stereocenters. The van der Waals surface area contributed by atoms with Crippen LogP contribution in [0.3, 0.4) is 0 Å².